The number of aromatic nitrogens is 5. The van der Waals surface area contributed by atoms with E-state index >= 15 is 0 Å². The van der Waals surface area contributed by atoms with Crippen LogP contribution in [-0.2, 0) is 17.8 Å². The van der Waals surface area contributed by atoms with Gasteiger partial charge in [0.1, 0.15) is 22.2 Å². The first-order valence-corrected chi connectivity index (χ1v) is 10.9. The third kappa shape index (κ3) is 4.77. The Morgan fingerprint density at radius 1 is 1.21 bits per heavy atom. The molecule has 1 aromatic carbocycles. The van der Waals surface area contributed by atoms with E-state index in [2.05, 4.69) is 20.3 Å². The van der Waals surface area contributed by atoms with E-state index in [9.17, 15) is 14.9 Å². The monoisotopic (exact) mass is 464 g/mol. The average Bonchev–Trinajstić information content (AvgIpc) is 3.44. The largest absolute Gasteiger partial charge is 0.455 e. The molecule has 0 aliphatic rings. The van der Waals surface area contributed by atoms with Crippen LogP contribution < -0.4 is 0 Å². The molecule has 168 valence electrons. The maximum absolute atomic E-state index is 12.6. The van der Waals surface area contributed by atoms with Crippen LogP contribution in [0.4, 0.5) is 5.69 Å². The van der Waals surface area contributed by atoms with Crippen LogP contribution in [0, 0.1) is 24.0 Å². The molecule has 4 rings (SSSR count). The maximum Gasteiger partial charge on any atom is 0.350 e. The molecule has 0 fully saturated rings. The molecule has 11 heteroatoms. The van der Waals surface area contributed by atoms with Crippen molar-refractivity contribution in [3.63, 3.8) is 0 Å². The van der Waals surface area contributed by atoms with Gasteiger partial charge >= 0.3 is 5.97 Å². The van der Waals surface area contributed by atoms with Gasteiger partial charge < -0.3 is 4.74 Å². The van der Waals surface area contributed by atoms with Gasteiger partial charge in [0.05, 0.1) is 22.5 Å². The van der Waals surface area contributed by atoms with Crippen LogP contribution in [0.1, 0.15) is 39.2 Å². The Bertz CT molecular complexity index is 1350. The van der Waals surface area contributed by atoms with Gasteiger partial charge in [0.15, 0.2) is 0 Å². The lowest BCUT2D eigenvalue weighted by atomic mass is 10.2. The number of ether oxygens (including phenoxy) is 1. The summed E-state index contributed by atoms with van der Waals surface area (Å²) < 4.78 is 6.82. The summed E-state index contributed by atoms with van der Waals surface area (Å²) in [7, 11) is 0. The lowest BCUT2D eigenvalue weighted by Crippen LogP contribution is -2.05. The Kier molecular flexibility index (Phi) is 6.22. The summed E-state index contributed by atoms with van der Waals surface area (Å²) in [5.41, 5.74) is 3.89. The summed E-state index contributed by atoms with van der Waals surface area (Å²) in [6, 6.07) is 8.59. The predicted octanol–water partition coefficient (Wildman–Crippen LogP) is 4.23. The van der Waals surface area contributed by atoms with Crippen molar-refractivity contribution in [1.82, 2.24) is 25.0 Å². The number of carbonyl (C=O) groups excluding carboxylic acids is 1. The van der Waals surface area contributed by atoms with Crippen molar-refractivity contribution in [3.05, 3.63) is 80.4 Å². The third-order valence-corrected chi connectivity index (χ3v) is 6.14. The summed E-state index contributed by atoms with van der Waals surface area (Å²) in [4.78, 5) is 32.6. The predicted molar refractivity (Wildman–Crippen MR) is 121 cm³/mol. The zero-order chi connectivity index (χ0) is 23.5. The Labute approximate surface area is 193 Å². The number of benzene rings is 1. The van der Waals surface area contributed by atoms with Gasteiger partial charge in [-0.15, -0.1) is 16.4 Å². The highest BCUT2D eigenvalue weighted by atomic mass is 32.1. The van der Waals surface area contributed by atoms with Crippen LogP contribution in [0.15, 0.2) is 42.7 Å². The molecule has 0 saturated heterocycles. The number of esters is 1. The van der Waals surface area contributed by atoms with Crippen molar-refractivity contribution < 1.29 is 14.5 Å². The molecular weight excluding hydrogens is 444 g/mol. The smallest absolute Gasteiger partial charge is 0.350 e. The number of rotatable bonds is 7. The summed E-state index contributed by atoms with van der Waals surface area (Å²) in [5.74, 6) is -0.499. The van der Waals surface area contributed by atoms with Gasteiger partial charge in [-0.1, -0.05) is 18.2 Å². The number of pyridine rings is 1. The molecule has 10 nitrogen and oxygen atoms in total. The fourth-order valence-electron chi connectivity index (χ4n) is 3.15. The quantitative estimate of drug-likeness (QED) is 0.226. The molecule has 0 aliphatic carbocycles. The number of carbonyl (C=O) groups is 1. The highest BCUT2D eigenvalue weighted by Gasteiger charge is 2.19. The Morgan fingerprint density at radius 2 is 2.03 bits per heavy atom. The van der Waals surface area contributed by atoms with Crippen molar-refractivity contribution in [2.45, 2.75) is 33.8 Å². The van der Waals surface area contributed by atoms with Crippen LogP contribution in [0.2, 0.25) is 0 Å². The topological polar surface area (TPSA) is 126 Å². The molecule has 0 amide bonds. The number of hydrogen-bond acceptors (Lipinski definition) is 9. The highest BCUT2D eigenvalue weighted by Crippen LogP contribution is 2.29. The lowest BCUT2D eigenvalue weighted by Gasteiger charge is -2.02. The van der Waals surface area contributed by atoms with Gasteiger partial charge in [-0.25, -0.2) is 14.5 Å². The first-order valence-electron chi connectivity index (χ1n) is 10.1. The van der Waals surface area contributed by atoms with E-state index in [-0.39, 0.29) is 12.3 Å². The zero-order valence-corrected chi connectivity index (χ0v) is 19.0. The van der Waals surface area contributed by atoms with E-state index in [0.717, 1.165) is 22.7 Å². The number of nitrogens with zero attached hydrogens (tertiary/aromatic N) is 6. The maximum atomic E-state index is 12.6. The molecule has 0 radical (unpaired) electrons. The minimum Gasteiger partial charge on any atom is -0.455 e. The van der Waals surface area contributed by atoms with Gasteiger partial charge in [0.2, 0.25) is 0 Å². The minimum absolute atomic E-state index is 0.00675. The summed E-state index contributed by atoms with van der Waals surface area (Å²) in [5, 5.41) is 19.9. The van der Waals surface area contributed by atoms with E-state index in [1.54, 1.807) is 38.4 Å². The number of aryl methyl sites for hydroxylation is 3. The van der Waals surface area contributed by atoms with E-state index in [4.69, 9.17) is 4.74 Å². The van der Waals surface area contributed by atoms with Crippen LogP contribution in [0.3, 0.4) is 0 Å². The van der Waals surface area contributed by atoms with E-state index in [1.807, 2.05) is 19.1 Å². The number of nitro benzene ring substituents is 1. The molecule has 4 aromatic rings. The van der Waals surface area contributed by atoms with Crippen LogP contribution >= 0.6 is 11.3 Å². The molecule has 0 spiro atoms. The second-order valence-electron chi connectivity index (χ2n) is 7.28. The lowest BCUT2D eigenvalue weighted by molar-refractivity contribution is -0.385. The third-order valence-electron chi connectivity index (χ3n) is 4.95. The van der Waals surface area contributed by atoms with Crippen molar-refractivity contribution in [2.24, 2.45) is 0 Å². The van der Waals surface area contributed by atoms with Crippen LogP contribution in [0.25, 0.3) is 16.3 Å². The molecule has 0 unspecified atom stereocenters. The van der Waals surface area contributed by atoms with Crippen molar-refractivity contribution >= 4 is 23.0 Å². The SMILES string of the molecule is CCc1cc(-c2nc(C)c(C(=O)OCc3cn(-c4ccc(C)c([N+](=O)[O-])c4)nn3)s2)ccn1. The molecule has 33 heavy (non-hydrogen) atoms. The summed E-state index contributed by atoms with van der Waals surface area (Å²) in [6.07, 6.45) is 4.11. The van der Waals surface area contributed by atoms with Gasteiger partial charge in [0, 0.05) is 29.1 Å². The van der Waals surface area contributed by atoms with Crippen molar-refractivity contribution in [1.29, 1.82) is 0 Å². The Morgan fingerprint density at radius 3 is 2.79 bits per heavy atom. The highest BCUT2D eigenvalue weighted by molar-refractivity contribution is 7.17. The molecular formula is C22H20N6O4S. The van der Waals surface area contributed by atoms with Crippen molar-refractivity contribution in [3.8, 4) is 16.3 Å². The fourth-order valence-corrected chi connectivity index (χ4v) is 4.10. The molecule has 0 aliphatic heterocycles. The first kappa shape index (κ1) is 22.2. The van der Waals surface area contributed by atoms with E-state index in [1.165, 1.54) is 22.1 Å². The van der Waals surface area contributed by atoms with Gasteiger partial charge in [0.25, 0.3) is 5.69 Å². The number of hydrogen-bond donors (Lipinski definition) is 0. The molecule has 0 atom stereocenters. The van der Waals surface area contributed by atoms with Crippen molar-refractivity contribution in [2.75, 3.05) is 0 Å². The van der Waals surface area contributed by atoms with Gasteiger partial charge in [-0.2, -0.15) is 0 Å². The molecule has 0 saturated carbocycles. The van der Waals surface area contributed by atoms with E-state index < -0.39 is 10.9 Å². The minimum atomic E-state index is -0.499. The van der Waals surface area contributed by atoms with Gasteiger partial charge in [-0.3, -0.25) is 15.1 Å². The summed E-state index contributed by atoms with van der Waals surface area (Å²) in [6.45, 7) is 5.37. The molecule has 0 N–H and O–H groups in total. The van der Waals surface area contributed by atoms with Crippen LogP contribution in [0.5, 0.6) is 0 Å². The number of nitro groups is 1. The second kappa shape index (κ2) is 9.25. The molecule has 0 bridgehead atoms. The number of thiazole rings is 1. The van der Waals surface area contributed by atoms with Crippen LogP contribution in [-0.4, -0.2) is 35.9 Å². The summed E-state index contributed by atoms with van der Waals surface area (Å²) >= 11 is 1.26. The fraction of sp³-hybridized carbons (Fsp3) is 0.227. The van der Waals surface area contributed by atoms with E-state index in [0.29, 0.717) is 27.5 Å². The normalized spacial score (nSPS) is 10.9. The first-order chi connectivity index (χ1) is 15.9. The van der Waals surface area contributed by atoms with Gasteiger partial charge in [-0.05, 0) is 38.5 Å². The zero-order valence-electron chi connectivity index (χ0n) is 18.2. The Hall–Kier alpha value is -3.99. The second-order valence-corrected chi connectivity index (χ2v) is 8.28. The molecule has 3 heterocycles. The molecule has 3 aromatic heterocycles. The standard InChI is InChI=1S/C22H20N6O4S/c1-4-16-9-15(7-8-23-16)21-24-14(3)20(33-21)22(29)32-12-17-11-27(26-25-17)18-6-5-13(2)19(10-18)28(30)31/h5-11H,4,12H2,1-3H3. The average molecular weight is 465 g/mol. The Balaban J connectivity index is 1.46.